The summed E-state index contributed by atoms with van der Waals surface area (Å²) in [7, 11) is 0. The maximum atomic E-state index is 9.85. The van der Waals surface area contributed by atoms with Crippen LogP contribution in [0.4, 0.5) is 0 Å². The van der Waals surface area contributed by atoms with E-state index in [0.717, 1.165) is 0 Å². The van der Waals surface area contributed by atoms with Crippen molar-refractivity contribution in [2.24, 2.45) is 5.73 Å². The van der Waals surface area contributed by atoms with E-state index in [0.29, 0.717) is 0 Å². The van der Waals surface area contributed by atoms with E-state index in [2.05, 4.69) is 0 Å². The van der Waals surface area contributed by atoms with E-state index in [1.807, 2.05) is 0 Å². The molecule has 0 radical (unpaired) electrons. The Kier molecular flexibility index (Phi) is 2.25. The Hall–Kier alpha value is -0.280. The minimum atomic E-state index is -1.11. The number of halogens is 1. The topological polar surface area (TPSA) is 63.3 Å². The number of carboxylic acid groups (broad SMARTS) is 1. The van der Waals surface area contributed by atoms with Crippen LogP contribution in [0.5, 0.6) is 0 Å². The number of carbonyl (C=O) groups is 1. The van der Waals surface area contributed by atoms with Gasteiger partial charge in [-0.2, -0.15) is 0 Å². The van der Waals surface area contributed by atoms with Crippen molar-refractivity contribution in [2.75, 3.05) is 0 Å². The van der Waals surface area contributed by atoms with Crippen molar-refractivity contribution in [1.29, 1.82) is 0 Å². The minimum absolute atomic E-state index is 0.214. The number of aliphatic carboxylic acids is 1. The first kappa shape index (κ1) is 7.72. The summed E-state index contributed by atoms with van der Waals surface area (Å²) in [5, 5.41) is 8.08. The molecule has 8 heavy (non-hydrogen) atoms. The van der Waals surface area contributed by atoms with Crippen molar-refractivity contribution in [3.05, 3.63) is 0 Å². The number of rotatable bonds is 2. The highest BCUT2D eigenvalue weighted by Crippen LogP contribution is 2.09. The molecule has 0 fully saturated rings. The van der Waals surface area contributed by atoms with E-state index < -0.39 is 11.0 Å². The lowest BCUT2D eigenvalue weighted by Crippen LogP contribution is -2.31. The normalized spacial score (nSPS) is 17.4. The molecule has 0 heterocycles. The van der Waals surface area contributed by atoms with Gasteiger partial charge in [-0.3, -0.25) is 4.79 Å². The molecule has 0 saturated heterocycles. The number of hydrogen-bond acceptors (Lipinski definition) is 2. The van der Waals surface area contributed by atoms with Gasteiger partial charge in [0.1, 0.15) is 0 Å². The van der Waals surface area contributed by atoms with Crippen LogP contribution < -0.4 is 5.73 Å². The summed E-state index contributed by atoms with van der Waals surface area (Å²) >= 11 is 5.33. The Morgan fingerprint density at radius 1 is 2.00 bits per heavy atom. The van der Waals surface area contributed by atoms with Gasteiger partial charge in [0.15, 0.2) is 0 Å². The fourth-order valence-corrected chi connectivity index (χ4v) is 0.410. The molecule has 0 aromatic heterocycles. The molecule has 0 aromatic carbocycles. The van der Waals surface area contributed by atoms with Crippen molar-refractivity contribution >= 4 is 17.6 Å². The summed E-state index contributed by atoms with van der Waals surface area (Å²) in [6, 6.07) is 0. The van der Waals surface area contributed by atoms with E-state index in [1.165, 1.54) is 6.92 Å². The molecule has 0 saturated carbocycles. The molecule has 0 amide bonds. The number of carboxylic acids is 1. The largest absolute Gasteiger partial charge is 0.481 e. The quantitative estimate of drug-likeness (QED) is 0.427. The van der Waals surface area contributed by atoms with Crippen LogP contribution in [0.2, 0.25) is 0 Å². The molecule has 0 bridgehead atoms. The number of nitrogens with two attached hydrogens (primary N) is 1. The molecule has 0 rings (SSSR count). The predicted molar refractivity (Wildman–Crippen MR) is 30.7 cm³/mol. The molecular weight excluding hydrogens is 130 g/mol. The minimum Gasteiger partial charge on any atom is -0.481 e. The third kappa shape index (κ3) is 5.72. The average Bonchev–Trinajstić information content (AvgIpc) is 1.21. The van der Waals surface area contributed by atoms with E-state index >= 15 is 0 Å². The second kappa shape index (κ2) is 2.33. The number of hydrogen-bond donors (Lipinski definition) is 2. The first-order chi connectivity index (χ1) is 3.42. The molecule has 3 nitrogen and oxygen atoms in total. The zero-order chi connectivity index (χ0) is 6.78. The highest BCUT2D eigenvalue weighted by atomic mass is 35.5. The molecular formula is C4H8ClNO2. The monoisotopic (exact) mass is 137 g/mol. The van der Waals surface area contributed by atoms with Gasteiger partial charge in [-0.15, -0.1) is 11.6 Å². The molecule has 0 aliphatic carbocycles. The highest BCUT2D eigenvalue weighted by molar-refractivity contribution is 6.24. The number of alkyl halides is 1. The van der Waals surface area contributed by atoms with Crippen LogP contribution in [0.15, 0.2) is 0 Å². The molecule has 3 N–H and O–H groups in total. The highest BCUT2D eigenvalue weighted by Gasteiger charge is 2.17. The molecule has 48 valence electrons. The lowest BCUT2D eigenvalue weighted by molar-refractivity contribution is -0.137. The lowest BCUT2D eigenvalue weighted by Gasteiger charge is -2.10. The molecule has 0 aromatic rings. The smallest absolute Gasteiger partial charge is 0.306 e. The van der Waals surface area contributed by atoms with Gasteiger partial charge < -0.3 is 10.8 Å². The first-order valence-corrected chi connectivity index (χ1v) is 2.49. The van der Waals surface area contributed by atoms with Gasteiger partial charge in [0.25, 0.3) is 0 Å². The second-order valence-electron chi connectivity index (χ2n) is 1.85. The van der Waals surface area contributed by atoms with Gasteiger partial charge in [-0.25, -0.2) is 0 Å². The van der Waals surface area contributed by atoms with E-state index in [1.54, 1.807) is 0 Å². The van der Waals surface area contributed by atoms with Crippen LogP contribution >= 0.6 is 11.6 Å². The van der Waals surface area contributed by atoms with Crippen molar-refractivity contribution in [2.45, 2.75) is 18.3 Å². The van der Waals surface area contributed by atoms with Crippen molar-refractivity contribution < 1.29 is 9.90 Å². The third-order valence-corrected chi connectivity index (χ3v) is 0.631. The van der Waals surface area contributed by atoms with Crippen LogP contribution in [0.3, 0.4) is 0 Å². The van der Waals surface area contributed by atoms with Gasteiger partial charge in [0.05, 0.1) is 11.4 Å². The first-order valence-electron chi connectivity index (χ1n) is 2.11. The van der Waals surface area contributed by atoms with Crippen LogP contribution in [0.1, 0.15) is 13.3 Å². The average molecular weight is 138 g/mol. The Labute approximate surface area is 52.4 Å². The standard InChI is InChI=1S/C4H8ClNO2/c1-4(5,6)2-3(7)8/h2,6H2,1H3,(H,7,8). The molecule has 1 unspecified atom stereocenters. The van der Waals surface area contributed by atoms with Crippen LogP contribution in [-0.2, 0) is 4.79 Å². The fraction of sp³-hybridized carbons (Fsp3) is 0.750. The summed E-state index contributed by atoms with van der Waals surface area (Å²) in [5.41, 5.74) is 5.12. The zero-order valence-corrected chi connectivity index (χ0v) is 5.27. The van der Waals surface area contributed by atoms with E-state index in [4.69, 9.17) is 22.4 Å². The SMILES string of the molecule is CC(N)(Cl)CC(=O)O. The van der Waals surface area contributed by atoms with E-state index in [9.17, 15) is 4.79 Å². The van der Waals surface area contributed by atoms with Gasteiger partial charge in [-0.05, 0) is 6.92 Å². The lowest BCUT2D eigenvalue weighted by atomic mass is 10.2. The van der Waals surface area contributed by atoms with Crippen LogP contribution in [-0.4, -0.2) is 16.1 Å². The van der Waals surface area contributed by atoms with Crippen molar-refractivity contribution in [3.8, 4) is 0 Å². The summed E-state index contributed by atoms with van der Waals surface area (Å²) in [5.74, 6) is -0.981. The third-order valence-electron chi connectivity index (χ3n) is 0.497. The molecule has 0 aliphatic rings. The second-order valence-corrected chi connectivity index (χ2v) is 2.71. The van der Waals surface area contributed by atoms with Gasteiger partial charge in [0.2, 0.25) is 0 Å². The van der Waals surface area contributed by atoms with Crippen LogP contribution in [0, 0.1) is 0 Å². The Morgan fingerprint density at radius 2 is 2.38 bits per heavy atom. The van der Waals surface area contributed by atoms with Crippen LogP contribution in [0.25, 0.3) is 0 Å². The molecule has 4 heteroatoms. The Balaban J connectivity index is 3.55. The van der Waals surface area contributed by atoms with Gasteiger partial charge in [0, 0.05) is 0 Å². The van der Waals surface area contributed by atoms with Gasteiger partial charge >= 0.3 is 5.97 Å². The Bertz CT molecular complexity index is 96.7. The van der Waals surface area contributed by atoms with Gasteiger partial charge in [-0.1, -0.05) is 0 Å². The maximum Gasteiger partial charge on any atom is 0.306 e. The Morgan fingerprint density at radius 3 is 2.38 bits per heavy atom. The molecule has 0 spiro atoms. The van der Waals surface area contributed by atoms with Crippen molar-refractivity contribution in [1.82, 2.24) is 0 Å². The van der Waals surface area contributed by atoms with E-state index in [-0.39, 0.29) is 6.42 Å². The molecule has 1 atom stereocenters. The summed E-state index contributed by atoms with van der Waals surface area (Å²) in [4.78, 5) is 8.75. The summed E-state index contributed by atoms with van der Waals surface area (Å²) < 4.78 is 0. The fourth-order valence-electron chi connectivity index (χ4n) is 0.296. The zero-order valence-electron chi connectivity index (χ0n) is 4.52. The maximum absolute atomic E-state index is 9.85. The summed E-state index contributed by atoms with van der Waals surface area (Å²) in [6.07, 6.45) is -0.214. The predicted octanol–water partition coefficient (Wildman–Crippen LogP) is 0.375. The molecule has 0 aliphatic heterocycles. The van der Waals surface area contributed by atoms with Crippen molar-refractivity contribution in [3.63, 3.8) is 0 Å². The summed E-state index contributed by atoms with van der Waals surface area (Å²) in [6.45, 7) is 1.45.